The van der Waals surface area contributed by atoms with Crippen molar-refractivity contribution in [3.63, 3.8) is 0 Å². The first-order valence-corrected chi connectivity index (χ1v) is 17.6. The molecular weight excluding hydrogens is 688 g/mol. The Morgan fingerprint density at radius 2 is 1.06 bits per heavy atom. The Balaban J connectivity index is 1.41. The van der Waals surface area contributed by atoms with Crippen molar-refractivity contribution in [1.82, 2.24) is 0 Å². The Labute approximate surface area is 309 Å². The largest absolute Gasteiger partial charge is 0.463 e. The van der Waals surface area contributed by atoms with E-state index in [-0.39, 0.29) is 39.5 Å². The van der Waals surface area contributed by atoms with E-state index in [1.807, 2.05) is 91.0 Å². The highest BCUT2D eigenvalue weighted by molar-refractivity contribution is 5.67. The number of carbonyl (C=O) groups is 3. The Hall–Kier alpha value is -4.21. The molecule has 3 aromatic carbocycles. The molecule has 5 rings (SSSR count). The molecule has 3 aromatic rings. The molecule has 53 heavy (non-hydrogen) atoms. The first-order chi connectivity index (χ1) is 25.7. The quantitative estimate of drug-likeness (QED) is 0.140. The molecule has 0 N–H and O–H groups in total. The number of esters is 3. The van der Waals surface area contributed by atoms with E-state index < -0.39 is 73.2 Å². The fourth-order valence-electron chi connectivity index (χ4n) is 6.28. The van der Waals surface area contributed by atoms with Gasteiger partial charge in [-0.3, -0.25) is 14.4 Å². The summed E-state index contributed by atoms with van der Waals surface area (Å²) < 4.78 is 60.9. The highest BCUT2D eigenvalue weighted by atomic mass is 16.7. The van der Waals surface area contributed by atoms with Gasteiger partial charge in [-0.15, -0.1) is 0 Å². The van der Waals surface area contributed by atoms with E-state index >= 15 is 0 Å². The predicted octanol–water partition coefficient (Wildman–Crippen LogP) is 4.67. The summed E-state index contributed by atoms with van der Waals surface area (Å²) in [6.07, 6.45) is -7.73. The Morgan fingerprint density at radius 3 is 1.55 bits per heavy atom. The van der Waals surface area contributed by atoms with Gasteiger partial charge >= 0.3 is 17.9 Å². The molecule has 286 valence electrons. The second-order valence-electron chi connectivity index (χ2n) is 12.8. The number of carbonyl (C=O) groups excluding carboxylic acids is 3. The third-order valence-electron chi connectivity index (χ3n) is 8.68. The molecule has 0 aromatic heterocycles. The average molecular weight is 737 g/mol. The molecule has 2 heterocycles. The first-order valence-electron chi connectivity index (χ1n) is 17.6. The predicted molar refractivity (Wildman–Crippen MR) is 188 cm³/mol. The minimum Gasteiger partial charge on any atom is -0.463 e. The summed E-state index contributed by atoms with van der Waals surface area (Å²) in [4.78, 5) is 35.8. The van der Waals surface area contributed by atoms with E-state index in [1.165, 1.54) is 27.9 Å². The Bertz CT molecular complexity index is 1560. The van der Waals surface area contributed by atoms with E-state index in [1.54, 1.807) is 0 Å². The summed E-state index contributed by atoms with van der Waals surface area (Å²) in [5.74, 6) is -1.77. The van der Waals surface area contributed by atoms with E-state index in [9.17, 15) is 14.4 Å². The minimum atomic E-state index is -1.04. The molecule has 13 nitrogen and oxygen atoms in total. The average Bonchev–Trinajstić information content (AvgIpc) is 3.15. The molecule has 0 unspecified atom stereocenters. The van der Waals surface area contributed by atoms with Crippen LogP contribution in [0.2, 0.25) is 0 Å². The lowest BCUT2D eigenvalue weighted by Crippen LogP contribution is -2.62. The van der Waals surface area contributed by atoms with Crippen LogP contribution in [-0.2, 0) is 81.6 Å². The minimum absolute atomic E-state index is 0.0147. The van der Waals surface area contributed by atoms with E-state index in [2.05, 4.69) is 0 Å². The van der Waals surface area contributed by atoms with Gasteiger partial charge in [-0.2, -0.15) is 0 Å². The molecule has 2 aliphatic rings. The van der Waals surface area contributed by atoms with Gasteiger partial charge in [0.15, 0.2) is 18.7 Å². The molecular formula is C40H48O13. The lowest BCUT2D eigenvalue weighted by atomic mass is 9.97. The molecule has 0 aliphatic carbocycles. The molecule has 0 spiro atoms. The van der Waals surface area contributed by atoms with Crippen LogP contribution in [0, 0.1) is 0 Å². The molecule has 13 heteroatoms. The molecule has 2 fully saturated rings. The van der Waals surface area contributed by atoms with Crippen molar-refractivity contribution in [2.45, 2.75) is 102 Å². The van der Waals surface area contributed by atoms with Crippen molar-refractivity contribution in [3.8, 4) is 0 Å². The highest BCUT2D eigenvalue weighted by Gasteiger charge is 2.50. The lowest BCUT2D eigenvalue weighted by molar-refractivity contribution is -0.333. The van der Waals surface area contributed by atoms with Crippen LogP contribution >= 0.6 is 0 Å². The van der Waals surface area contributed by atoms with Crippen LogP contribution in [0.4, 0.5) is 0 Å². The lowest BCUT2D eigenvalue weighted by Gasteiger charge is -2.46. The van der Waals surface area contributed by atoms with Crippen LogP contribution in [0.15, 0.2) is 91.0 Å². The molecule has 9 atom stereocenters. The highest BCUT2D eigenvalue weighted by Crippen LogP contribution is 2.33. The van der Waals surface area contributed by atoms with Crippen LogP contribution in [-0.4, -0.2) is 93.5 Å². The van der Waals surface area contributed by atoms with Gasteiger partial charge in [0.25, 0.3) is 0 Å². The smallest absolute Gasteiger partial charge is 0.303 e. The maximum atomic E-state index is 12.1. The number of hydrogen-bond donors (Lipinski definition) is 0. The maximum absolute atomic E-state index is 12.1. The molecule has 2 aliphatic heterocycles. The van der Waals surface area contributed by atoms with Crippen molar-refractivity contribution >= 4 is 17.9 Å². The van der Waals surface area contributed by atoms with Crippen LogP contribution < -0.4 is 0 Å². The third kappa shape index (κ3) is 12.2. The van der Waals surface area contributed by atoms with E-state index in [0.717, 1.165) is 16.7 Å². The van der Waals surface area contributed by atoms with Crippen LogP contribution in [0.1, 0.15) is 43.9 Å². The number of rotatable bonds is 17. The SMILES string of the molecule is CO[C@H]1O[C@H](CO[C@@H]2C[C@@H](OC(C)=O)[C@H](OC(C)=O)[C@@H](COC(C)=O)O2)[C@@H](OCc2ccccc2)[C@H](OCc2ccccc2)[C@H]1OCc1ccccc1. The summed E-state index contributed by atoms with van der Waals surface area (Å²) in [6, 6.07) is 29.3. The monoisotopic (exact) mass is 736 g/mol. The van der Waals surface area contributed by atoms with E-state index in [4.69, 9.17) is 47.4 Å². The molecule has 0 radical (unpaired) electrons. The topological polar surface area (TPSA) is 144 Å². The van der Waals surface area contributed by atoms with Crippen molar-refractivity contribution in [1.29, 1.82) is 0 Å². The third-order valence-corrected chi connectivity index (χ3v) is 8.68. The van der Waals surface area contributed by atoms with Crippen molar-refractivity contribution in [2.75, 3.05) is 20.3 Å². The summed E-state index contributed by atoms with van der Waals surface area (Å²) in [7, 11) is 1.53. The molecule has 0 amide bonds. The van der Waals surface area contributed by atoms with Crippen LogP contribution in [0.3, 0.4) is 0 Å². The standard InChI is InChI=1S/C40H48O13/c1-26(41)45-24-33-36(51-28(3)43)32(50-27(2)42)20-35(52-33)46-25-34-37(47-21-29-14-8-5-9-15-29)38(48-22-30-16-10-6-11-17-30)39(40(44-4)53-34)49-23-31-18-12-7-13-19-31/h5-19,32-40H,20-25H2,1-4H3/t32-,33-,34-,35+,36+,37-,38+,39-,40+/m1/s1. The second-order valence-corrected chi connectivity index (χ2v) is 12.8. The molecule has 2 saturated heterocycles. The number of ether oxygens (including phenoxy) is 10. The summed E-state index contributed by atoms with van der Waals surface area (Å²) in [5, 5.41) is 0. The van der Waals surface area contributed by atoms with Crippen LogP contribution in [0.25, 0.3) is 0 Å². The normalized spacial score (nSPS) is 27.1. The van der Waals surface area contributed by atoms with Crippen LogP contribution in [0.5, 0.6) is 0 Å². The summed E-state index contributed by atoms with van der Waals surface area (Å²) >= 11 is 0. The fourth-order valence-corrected chi connectivity index (χ4v) is 6.28. The van der Waals surface area contributed by atoms with Gasteiger partial charge < -0.3 is 47.4 Å². The molecule has 0 saturated carbocycles. The van der Waals surface area contributed by atoms with Gasteiger partial charge in [0.1, 0.15) is 43.2 Å². The van der Waals surface area contributed by atoms with Crippen molar-refractivity contribution in [3.05, 3.63) is 108 Å². The zero-order valence-electron chi connectivity index (χ0n) is 30.4. The van der Waals surface area contributed by atoms with Crippen molar-refractivity contribution < 1.29 is 61.8 Å². The fraction of sp³-hybridized carbons (Fsp3) is 0.475. The van der Waals surface area contributed by atoms with Crippen molar-refractivity contribution in [2.24, 2.45) is 0 Å². The maximum Gasteiger partial charge on any atom is 0.303 e. The first kappa shape index (κ1) is 40.0. The number of hydrogen-bond acceptors (Lipinski definition) is 13. The van der Waals surface area contributed by atoms with Gasteiger partial charge in [-0.1, -0.05) is 91.0 Å². The Morgan fingerprint density at radius 1 is 0.566 bits per heavy atom. The Kier molecular flexibility index (Phi) is 15.3. The number of methoxy groups -OCH3 is 1. The second kappa shape index (κ2) is 20.3. The summed E-state index contributed by atoms with van der Waals surface area (Å²) in [5.41, 5.74) is 2.86. The summed E-state index contributed by atoms with van der Waals surface area (Å²) in [6.45, 7) is 4.15. The van der Waals surface area contributed by atoms with Gasteiger partial charge in [0, 0.05) is 34.3 Å². The molecule has 0 bridgehead atoms. The van der Waals surface area contributed by atoms with Gasteiger partial charge in [0.05, 0.1) is 26.4 Å². The number of benzene rings is 3. The van der Waals surface area contributed by atoms with E-state index in [0.29, 0.717) is 0 Å². The van der Waals surface area contributed by atoms with Gasteiger partial charge in [-0.05, 0) is 16.7 Å². The zero-order chi connectivity index (χ0) is 37.6. The zero-order valence-corrected chi connectivity index (χ0v) is 30.4. The van der Waals surface area contributed by atoms with Gasteiger partial charge in [0.2, 0.25) is 0 Å². The van der Waals surface area contributed by atoms with Gasteiger partial charge in [-0.25, -0.2) is 0 Å².